The second-order valence-electron chi connectivity index (χ2n) is 6.06. The number of likely N-dealkylation sites (tertiary alicyclic amines) is 1. The lowest BCUT2D eigenvalue weighted by Gasteiger charge is -2.32. The van der Waals surface area contributed by atoms with E-state index in [2.05, 4.69) is 15.0 Å². The van der Waals surface area contributed by atoms with Crippen LogP contribution in [0.3, 0.4) is 0 Å². The van der Waals surface area contributed by atoms with Gasteiger partial charge in [-0.05, 0) is 37.4 Å². The minimum Gasteiger partial charge on any atom is -0.302 e. The SMILES string of the molecule is O=S(=O)(CCN1CCC[C@@H](Cn2cncn2)C1)c1ccccc1. The third-order valence-corrected chi connectivity index (χ3v) is 6.00. The van der Waals surface area contributed by atoms with E-state index in [0.717, 1.165) is 32.5 Å². The van der Waals surface area contributed by atoms with E-state index in [4.69, 9.17) is 0 Å². The van der Waals surface area contributed by atoms with Gasteiger partial charge in [0.05, 0.1) is 10.6 Å². The molecule has 0 spiro atoms. The Kier molecular flexibility index (Phi) is 5.07. The summed E-state index contributed by atoms with van der Waals surface area (Å²) >= 11 is 0. The van der Waals surface area contributed by atoms with E-state index in [1.54, 1.807) is 36.9 Å². The summed E-state index contributed by atoms with van der Waals surface area (Å²) in [5.74, 6) is 0.678. The van der Waals surface area contributed by atoms with Crippen LogP contribution in [-0.2, 0) is 16.4 Å². The summed E-state index contributed by atoms with van der Waals surface area (Å²) in [6.07, 6.45) is 5.54. The van der Waals surface area contributed by atoms with Crippen LogP contribution < -0.4 is 0 Å². The molecule has 2 aromatic rings. The van der Waals surface area contributed by atoms with Crippen LogP contribution in [-0.4, -0.2) is 53.5 Å². The maximum atomic E-state index is 12.4. The van der Waals surface area contributed by atoms with Crippen molar-refractivity contribution in [2.45, 2.75) is 24.3 Å². The number of nitrogens with zero attached hydrogens (tertiary/aromatic N) is 4. The maximum Gasteiger partial charge on any atom is 0.179 e. The molecule has 7 heteroatoms. The highest BCUT2D eigenvalue weighted by Crippen LogP contribution is 2.18. The van der Waals surface area contributed by atoms with Gasteiger partial charge in [-0.3, -0.25) is 4.68 Å². The fourth-order valence-electron chi connectivity index (χ4n) is 3.09. The molecule has 1 aliphatic rings. The van der Waals surface area contributed by atoms with Crippen LogP contribution in [0.4, 0.5) is 0 Å². The number of hydrogen-bond acceptors (Lipinski definition) is 5. The minimum absolute atomic E-state index is 0.174. The number of hydrogen-bond donors (Lipinski definition) is 0. The van der Waals surface area contributed by atoms with Gasteiger partial charge in [-0.1, -0.05) is 18.2 Å². The van der Waals surface area contributed by atoms with Crippen LogP contribution in [0, 0.1) is 5.92 Å². The Balaban J connectivity index is 1.54. The third-order valence-electron chi connectivity index (χ3n) is 4.29. The quantitative estimate of drug-likeness (QED) is 0.800. The first-order valence-corrected chi connectivity index (χ1v) is 9.61. The fraction of sp³-hybridized carbons (Fsp3) is 0.500. The van der Waals surface area contributed by atoms with E-state index in [0.29, 0.717) is 17.4 Å². The summed E-state index contributed by atoms with van der Waals surface area (Å²) in [4.78, 5) is 6.64. The second-order valence-corrected chi connectivity index (χ2v) is 8.17. The highest BCUT2D eigenvalue weighted by molar-refractivity contribution is 7.91. The van der Waals surface area contributed by atoms with Crippen molar-refractivity contribution >= 4 is 9.84 Å². The predicted octanol–water partition coefficient (Wildman–Crippen LogP) is 1.46. The predicted molar refractivity (Wildman–Crippen MR) is 87.7 cm³/mol. The summed E-state index contributed by atoms with van der Waals surface area (Å²) in [6, 6.07) is 8.69. The molecular weight excluding hydrogens is 312 g/mol. The van der Waals surface area contributed by atoms with Crippen molar-refractivity contribution in [3.63, 3.8) is 0 Å². The fourth-order valence-corrected chi connectivity index (χ4v) is 4.40. The summed E-state index contributed by atoms with van der Waals surface area (Å²) in [5.41, 5.74) is 0. The highest BCUT2D eigenvalue weighted by atomic mass is 32.2. The molecule has 1 aromatic heterocycles. The zero-order valence-corrected chi connectivity index (χ0v) is 13.9. The van der Waals surface area contributed by atoms with Crippen LogP contribution in [0.1, 0.15) is 12.8 Å². The lowest BCUT2D eigenvalue weighted by Crippen LogP contribution is -2.39. The van der Waals surface area contributed by atoms with Crippen molar-refractivity contribution in [3.05, 3.63) is 43.0 Å². The minimum atomic E-state index is -3.20. The molecule has 6 nitrogen and oxygen atoms in total. The number of piperidine rings is 1. The topological polar surface area (TPSA) is 68.1 Å². The van der Waals surface area contributed by atoms with E-state index in [1.807, 2.05) is 10.7 Å². The number of aromatic nitrogens is 3. The number of rotatable bonds is 6. The summed E-state index contributed by atoms with van der Waals surface area (Å²) < 4.78 is 26.6. The van der Waals surface area contributed by atoms with Crippen LogP contribution in [0.2, 0.25) is 0 Å². The molecule has 0 aliphatic carbocycles. The van der Waals surface area contributed by atoms with Crippen LogP contribution >= 0.6 is 0 Å². The Labute approximate surface area is 137 Å². The third kappa shape index (κ3) is 4.39. The van der Waals surface area contributed by atoms with Crippen molar-refractivity contribution in [1.29, 1.82) is 0 Å². The van der Waals surface area contributed by atoms with Gasteiger partial charge in [0.25, 0.3) is 0 Å². The Hall–Kier alpha value is -1.73. The van der Waals surface area contributed by atoms with Gasteiger partial charge in [-0.2, -0.15) is 5.10 Å². The average molecular weight is 334 g/mol. The van der Waals surface area contributed by atoms with Crippen molar-refractivity contribution in [2.75, 3.05) is 25.4 Å². The van der Waals surface area contributed by atoms with E-state index >= 15 is 0 Å². The molecule has 1 fully saturated rings. The molecule has 0 radical (unpaired) electrons. The molecule has 3 rings (SSSR count). The first-order chi connectivity index (χ1) is 11.1. The second kappa shape index (κ2) is 7.23. The van der Waals surface area contributed by atoms with Crippen LogP contribution in [0.25, 0.3) is 0 Å². The van der Waals surface area contributed by atoms with E-state index in [9.17, 15) is 8.42 Å². The van der Waals surface area contributed by atoms with Gasteiger partial charge in [0.1, 0.15) is 12.7 Å². The Morgan fingerprint density at radius 1 is 1.22 bits per heavy atom. The lowest BCUT2D eigenvalue weighted by molar-refractivity contribution is 0.167. The zero-order chi connectivity index (χ0) is 16.1. The van der Waals surface area contributed by atoms with E-state index < -0.39 is 9.84 Å². The molecule has 124 valence electrons. The lowest BCUT2D eigenvalue weighted by atomic mass is 9.98. The first kappa shape index (κ1) is 16.1. The van der Waals surface area contributed by atoms with Crippen molar-refractivity contribution < 1.29 is 8.42 Å². The monoisotopic (exact) mass is 334 g/mol. The average Bonchev–Trinajstić information content (AvgIpc) is 3.07. The van der Waals surface area contributed by atoms with Crippen LogP contribution in [0.15, 0.2) is 47.9 Å². The molecule has 1 saturated heterocycles. The molecule has 0 amide bonds. The Bertz CT molecular complexity index is 701. The van der Waals surface area contributed by atoms with Gasteiger partial charge in [-0.15, -0.1) is 0 Å². The van der Waals surface area contributed by atoms with Crippen LogP contribution in [0.5, 0.6) is 0 Å². The maximum absolute atomic E-state index is 12.4. The standard InChI is InChI=1S/C16H22N4O2S/c21-23(22,16-6-2-1-3-7-16)10-9-19-8-4-5-15(11-19)12-20-14-17-13-18-20/h1-3,6-7,13-15H,4-5,8-12H2/t15-/m1/s1. The van der Waals surface area contributed by atoms with Gasteiger partial charge in [0.15, 0.2) is 9.84 Å². The molecule has 2 heterocycles. The summed E-state index contributed by atoms with van der Waals surface area (Å²) in [6.45, 7) is 3.33. The molecule has 0 saturated carbocycles. The molecule has 1 aliphatic heterocycles. The van der Waals surface area contributed by atoms with Gasteiger partial charge >= 0.3 is 0 Å². The Morgan fingerprint density at radius 2 is 2.04 bits per heavy atom. The van der Waals surface area contributed by atoms with Crippen molar-refractivity contribution in [3.8, 4) is 0 Å². The molecule has 1 aromatic carbocycles. The smallest absolute Gasteiger partial charge is 0.179 e. The van der Waals surface area contributed by atoms with E-state index in [-0.39, 0.29) is 5.75 Å². The normalized spacial score (nSPS) is 19.7. The largest absolute Gasteiger partial charge is 0.302 e. The van der Waals surface area contributed by atoms with Gasteiger partial charge in [0, 0.05) is 19.6 Å². The molecule has 0 N–H and O–H groups in total. The van der Waals surface area contributed by atoms with Gasteiger partial charge in [0.2, 0.25) is 0 Å². The number of benzene rings is 1. The van der Waals surface area contributed by atoms with Gasteiger partial charge in [-0.25, -0.2) is 13.4 Å². The zero-order valence-electron chi connectivity index (χ0n) is 13.1. The van der Waals surface area contributed by atoms with Gasteiger partial charge < -0.3 is 4.90 Å². The summed E-state index contributed by atoms with van der Waals surface area (Å²) in [7, 11) is -3.20. The highest BCUT2D eigenvalue weighted by Gasteiger charge is 2.22. The van der Waals surface area contributed by atoms with Crippen molar-refractivity contribution in [2.24, 2.45) is 5.92 Å². The molecule has 1 atom stereocenters. The molecule has 0 bridgehead atoms. The molecule has 23 heavy (non-hydrogen) atoms. The molecular formula is C16H22N4O2S. The first-order valence-electron chi connectivity index (χ1n) is 7.96. The number of sulfone groups is 1. The summed E-state index contributed by atoms with van der Waals surface area (Å²) in [5, 5.41) is 4.15. The van der Waals surface area contributed by atoms with Crippen molar-refractivity contribution in [1.82, 2.24) is 19.7 Å². The Morgan fingerprint density at radius 3 is 2.78 bits per heavy atom. The van der Waals surface area contributed by atoms with E-state index in [1.165, 1.54) is 0 Å². The molecule has 0 unspecified atom stereocenters.